The molecule has 1 N–H and O–H groups in total. The molecule has 190 valence electrons. The summed E-state index contributed by atoms with van der Waals surface area (Å²) in [6.45, 7) is 0.549. The number of aliphatic imine (C=N–C) groups is 1. The van der Waals surface area contributed by atoms with Crippen molar-refractivity contribution in [1.29, 1.82) is 0 Å². The van der Waals surface area contributed by atoms with Crippen LogP contribution < -0.4 is 0 Å². The van der Waals surface area contributed by atoms with Gasteiger partial charge in [-0.15, -0.1) is 0 Å². The third-order valence-corrected chi connectivity index (χ3v) is 7.52. The second-order valence-electron chi connectivity index (χ2n) is 9.30. The number of rotatable bonds is 4. The molecule has 0 radical (unpaired) electrons. The number of alkyl halides is 3. The van der Waals surface area contributed by atoms with Gasteiger partial charge in [-0.2, -0.15) is 18.3 Å². The predicted molar refractivity (Wildman–Crippen MR) is 137 cm³/mol. The molecule has 1 saturated carbocycles. The Morgan fingerprint density at radius 2 is 2.00 bits per heavy atom. The fraction of sp³-hybridized carbons (Fsp3) is 0.308. The van der Waals surface area contributed by atoms with Crippen molar-refractivity contribution in [3.8, 4) is 11.1 Å². The van der Waals surface area contributed by atoms with E-state index >= 15 is 0 Å². The van der Waals surface area contributed by atoms with Crippen LogP contribution >= 0.6 is 11.3 Å². The van der Waals surface area contributed by atoms with Crippen molar-refractivity contribution in [2.45, 2.75) is 44.5 Å². The number of hydrogen-bond acceptors (Lipinski definition) is 6. The van der Waals surface area contributed by atoms with Gasteiger partial charge in [0.2, 0.25) is 5.13 Å². The summed E-state index contributed by atoms with van der Waals surface area (Å²) in [6.07, 6.45) is 1.66. The number of fused-ring (bicyclic) bond motifs is 2. The maximum absolute atomic E-state index is 13.4. The van der Waals surface area contributed by atoms with Crippen LogP contribution in [-0.4, -0.2) is 41.2 Å². The Bertz CT molecular complexity index is 1650. The Labute approximate surface area is 213 Å². The lowest BCUT2D eigenvalue weighted by molar-refractivity contribution is -0.140. The fourth-order valence-corrected chi connectivity index (χ4v) is 5.73. The van der Waals surface area contributed by atoms with E-state index in [9.17, 15) is 18.3 Å². The summed E-state index contributed by atoms with van der Waals surface area (Å²) in [5.41, 5.74) is 3.68. The minimum Gasteiger partial charge on any atom is -0.387 e. The summed E-state index contributed by atoms with van der Waals surface area (Å²) in [5.74, 6) is 0. The largest absolute Gasteiger partial charge is 0.435 e. The highest BCUT2D eigenvalue weighted by Crippen LogP contribution is 2.37. The second-order valence-corrected chi connectivity index (χ2v) is 10.3. The van der Waals surface area contributed by atoms with Crippen LogP contribution in [-0.2, 0) is 19.8 Å². The second kappa shape index (κ2) is 9.07. The van der Waals surface area contributed by atoms with E-state index < -0.39 is 18.0 Å². The van der Waals surface area contributed by atoms with Crippen LogP contribution in [0.25, 0.3) is 32.4 Å². The van der Waals surface area contributed by atoms with Crippen LogP contribution in [0.5, 0.6) is 0 Å². The van der Waals surface area contributed by atoms with Gasteiger partial charge in [0.25, 0.3) is 0 Å². The van der Waals surface area contributed by atoms with E-state index in [2.05, 4.69) is 26.1 Å². The first kappa shape index (κ1) is 23.8. The lowest BCUT2D eigenvalue weighted by atomic mass is 9.96. The van der Waals surface area contributed by atoms with Crippen LogP contribution in [0.2, 0.25) is 0 Å². The Hall–Kier alpha value is -3.57. The minimum atomic E-state index is -4.54. The topological polar surface area (TPSA) is 81.1 Å². The molecule has 1 aliphatic carbocycles. The number of aryl methyl sites for hydroxylation is 1. The lowest BCUT2D eigenvalue weighted by Crippen LogP contribution is -2.23. The molecule has 6 rings (SSSR count). The molecule has 1 aliphatic rings. The Kier molecular flexibility index (Phi) is 5.84. The third kappa shape index (κ3) is 4.64. The van der Waals surface area contributed by atoms with E-state index in [1.165, 1.54) is 29.3 Å². The molecule has 0 unspecified atom stereocenters. The highest BCUT2D eigenvalue weighted by Gasteiger charge is 2.37. The van der Waals surface area contributed by atoms with Crippen molar-refractivity contribution >= 4 is 43.4 Å². The number of nitrogens with zero attached hydrogens (tertiary/aromatic N) is 6. The summed E-state index contributed by atoms with van der Waals surface area (Å²) < 4.78 is 44.5. The monoisotopic (exact) mass is 524 g/mol. The number of benzene rings is 2. The number of aromatic nitrogens is 5. The van der Waals surface area contributed by atoms with Crippen molar-refractivity contribution in [3.63, 3.8) is 0 Å². The smallest absolute Gasteiger partial charge is 0.387 e. The van der Waals surface area contributed by atoms with E-state index in [-0.39, 0.29) is 5.56 Å². The van der Waals surface area contributed by atoms with E-state index in [0.29, 0.717) is 22.8 Å². The van der Waals surface area contributed by atoms with Gasteiger partial charge in [0.1, 0.15) is 0 Å². The summed E-state index contributed by atoms with van der Waals surface area (Å²) in [5, 5.41) is 14.4. The average molecular weight is 525 g/mol. The van der Waals surface area contributed by atoms with Crippen LogP contribution in [0.4, 0.5) is 18.3 Å². The van der Waals surface area contributed by atoms with Crippen LogP contribution in [0, 0.1) is 0 Å². The number of aliphatic hydroxyl groups excluding tert-OH is 1. The summed E-state index contributed by atoms with van der Waals surface area (Å²) in [7, 11) is 1.47. The zero-order chi connectivity index (χ0) is 25.7. The zero-order valence-electron chi connectivity index (χ0n) is 19.9. The molecule has 2 aromatic carbocycles. The molecule has 7 nitrogen and oxygen atoms in total. The molecule has 0 bridgehead atoms. The lowest BCUT2D eigenvalue weighted by Gasteiger charge is -2.18. The van der Waals surface area contributed by atoms with Gasteiger partial charge in [-0.05, 0) is 54.7 Å². The van der Waals surface area contributed by atoms with Gasteiger partial charge in [0.05, 0.1) is 33.7 Å². The van der Waals surface area contributed by atoms with Gasteiger partial charge in [-0.1, -0.05) is 29.9 Å². The van der Waals surface area contributed by atoms with Crippen molar-refractivity contribution in [2.75, 3.05) is 0 Å². The van der Waals surface area contributed by atoms with E-state index in [1.807, 2.05) is 16.7 Å². The number of aliphatic hydroxyl groups is 1. The molecule has 0 aliphatic heterocycles. The van der Waals surface area contributed by atoms with E-state index in [4.69, 9.17) is 0 Å². The highest BCUT2D eigenvalue weighted by molar-refractivity contribution is 7.22. The van der Waals surface area contributed by atoms with Gasteiger partial charge in [-0.25, -0.2) is 15.0 Å². The van der Waals surface area contributed by atoms with E-state index in [1.54, 1.807) is 24.5 Å². The first-order valence-corrected chi connectivity index (χ1v) is 12.8. The average Bonchev–Trinajstić information content (AvgIpc) is 3.56. The molecular formula is C26H23F3N6OS. The van der Waals surface area contributed by atoms with Crippen LogP contribution in [0.1, 0.15) is 36.9 Å². The molecule has 11 heteroatoms. The number of thiazole rings is 1. The minimum absolute atomic E-state index is 0.0298. The van der Waals surface area contributed by atoms with E-state index in [0.717, 1.165) is 52.7 Å². The van der Waals surface area contributed by atoms with Crippen molar-refractivity contribution < 1.29 is 18.3 Å². The Balaban J connectivity index is 1.27. The number of hydrogen-bond donors (Lipinski definition) is 1. The SMILES string of the molecule is Cn1cc(-c2ccc3c(c2)ncn3Cc2ccc3nc(N=C4CCCC[C@H]4O)sc3c2)c(C(F)(F)F)n1. The molecule has 5 aromatic rings. The molecule has 3 heterocycles. The predicted octanol–water partition coefficient (Wildman–Crippen LogP) is 6.12. The van der Waals surface area contributed by atoms with Crippen molar-refractivity contribution in [2.24, 2.45) is 12.0 Å². The number of imidazole rings is 1. The number of halogens is 3. The van der Waals surface area contributed by atoms with Gasteiger partial charge in [-0.3, -0.25) is 4.68 Å². The van der Waals surface area contributed by atoms with Crippen LogP contribution in [0.3, 0.4) is 0 Å². The maximum Gasteiger partial charge on any atom is 0.435 e. The van der Waals surface area contributed by atoms with Crippen molar-refractivity contribution in [3.05, 3.63) is 60.2 Å². The quantitative estimate of drug-likeness (QED) is 0.307. The zero-order valence-corrected chi connectivity index (χ0v) is 20.7. The maximum atomic E-state index is 13.4. The molecule has 0 spiro atoms. The molecule has 0 amide bonds. The summed E-state index contributed by atoms with van der Waals surface area (Å²) >= 11 is 1.49. The summed E-state index contributed by atoms with van der Waals surface area (Å²) in [4.78, 5) is 13.7. The third-order valence-electron chi connectivity index (χ3n) is 6.61. The highest BCUT2D eigenvalue weighted by atomic mass is 32.1. The standard InChI is InChI=1S/C26H23F3N6OS/c1-34-13-17(24(33-34)26(27,28)29)16-7-9-21-20(11-16)30-14-35(21)12-15-6-8-19-23(10-15)37-25(32-19)31-18-4-2-3-5-22(18)36/h6-11,13-14,22,36H,2-5,12H2,1H3/t22-/m1/s1. The first-order valence-electron chi connectivity index (χ1n) is 12.0. The molecule has 1 fully saturated rings. The molecule has 0 saturated heterocycles. The normalized spacial score (nSPS) is 17.9. The first-order chi connectivity index (χ1) is 17.7. The fourth-order valence-electron chi connectivity index (χ4n) is 4.80. The molecular weight excluding hydrogens is 501 g/mol. The summed E-state index contributed by atoms with van der Waals surface area (Å²) in [6, 6.07) is 11.2. The Morgan fingerprint density at radius 3 is 2.81 bits per heavy atom. The molecule has 3 aromatic heterocycles. The van der Waals surface area contributed by atoms with Gasteiger partial charge in [0, 0.05) is 31.1 Å². The van der Waals surface area contributed by atoms with Gasteiger partial charge in [0.15, 0.2) is 5.69 Å². The Morgan fingerprint density at radius 1 is 1.14 bits per heavy atom. The van der Waals surface area contributed by atoms with Crippen molar-refractivity contribution in [1.82, 2.24) is 24.3 Å². The molecule has 37 heavy (non-hydrogen) atoms. The van der Waals surface area contributed by atoms with Gasteiger partial charge >= 0.3 is 6.18 Å². The molecule has 1 atom stereocenters. The van der Waals surface area contributed by atoms with Crippen LogP contribution in [0.15, 0.2) is 53.9 Å². The van der Waals surface area contributed by atoms with Gasteiger partial charge < -0.3 is 9.67 Å².